The van der Waals surface area contributed by atoms with Crippen molar-refractivity contribution in [2.75, 3.05) is 27.4 Å². The monoisotopic (exact) mass is 551 g/mol. The van der Waals surface area contributed by atoms with Crippen LogP contribution in [0.15, 0.2) is 83.2 Å². The van der Waals surface area contributed by atoms with Gasteiger partial charge in [-0.1, -0.05) is 48.5 Å². The number of methoxy groups -OCH3 is 2. The summed E-state index contributed by atoms with van der Waals surface area (Å²) in [6, 6.07) is 20.4. The van der Waals surface area contributed by atoms with Gasteiger partial charge in [0.25, 0.3) is 0 Å². The normalized spacial score (nSPS) is 17.7. The van der Waals surface area contributed by atoms with E-state index >= 15 is 0 Å². The molecule has 1 heterocycles. The first-order valence-corrected chi connectivity index (χ1v) is 14.7. The van der Waals surface area contributed by atoms with E-state index in [1.165, 1.54) is 5.39 Å². The molecule has 0 bridgehead atoms. The smallest absolute Gasteiger partial charge is 0.161 e. The predicted octanol–water partition coefficient (Wildman–Crippen LogP) is 6.88. The van der Waals surface area contributed by atoms with Crippen molar-refractivity contribution in [1.29, 1.82) is 0 Å². The van der Waals surface area contributed by atoms with Crippen LogP contribution in [0.4, 0.5) is 0 Å². The number of Topliss-reactive ketones (excluding diaryl/α,β-unsaturated/α-hetero) is 2. The van der Waals surface area contributed by atoms with E-state index in [2.05, 4.69) is 29.2 Å². The van der Waals surface area contributed by atoms with Gasteiger partial charge in [-0.3, -0.25) is 9.59 Å². The van der Waals surface area contributed by atoms with Crippen LogP contribution in [0.5, 0.6) is 11.5 Å². The van der Waals surface area contributed by atoms with Crippen LogP contribution in [0.3, 0.4) is 0 Å². The zero-order chi connectivity index (χ0) is 28.3. The average molecular weight is 552 g/mol. The van der Waals surface area contributed by atoms with E-state index in [1.54, 1.807) is 14.2 Å². The number of hydrogen-bond donors (Lipinski definition) is 0. The third kappa shape index (κ3) is 5.17. The Bertz CT molecular complexity index is 1500. The second-order valence-electron chi connectivity index (χ2n) is 11.0. The molecule has 0 amide bonds. The minimum absolute atomic E-state index is 0.146. The fraction of sp³-hybridized carbons (Fsp3) is 0.371. The van der Waals surface area contributed by atoms with Gasteiger partial charge in [-0.05, 0) is 66.1 Å². The van der Waals surface area contributed by atoms with Crippen molar-refractivity contribution in [1.82, 2.24) is 4.90 Å². The van der Waals surface area contributed by atoms with Crippen molar-refractivity contribution < 1.29 is 23.8 Å². The summed E-state index contributed by atoms with van der Waals surface area (Å²) in [5.74, 6) is 1.15. The molecular weight excluding hydrogens is 514 g/mol. The molecule has 3 aromatic rings. The third-order valence-electron chi connectivity index (χ3n) is 8.60. The van der Waals surface area contributed by atoms with Crippen LogP contribution in [0, 0.1) is 0 Å². The zero-order valence-electron chi connectivity index (χ0n) is 23.9. The number of allylic oxidation sites excluding steroid dienone is 4. The third-order valence-corrected chi connectivity index (χ3v) is 8.60. The summed E-state index contributed by atoms with van der Waals surface area (Å²) in [6.07, 6.45) is 5.24. The van der Waals surface area contributed by atoms with Crippen LogP contribution in [-0.2, 0) is 20.9 Å². The van der Waals surface area contributed by atoms with Crippen LogP contribution < -0.4 is 9.47 Å². The van der Waals surface area contributed by atoms with Crippen LogP contribution in [0.25, 0.3) is 10.8 Å². The summed E-state index contributed by atoms with van der Waals surface area (Å²) < 4.78 is 17.4. The maximum Gasteiger partial charge on any atom is 0.161 e. The van der Waals surface area contributed by atoms with E-state index in [4.69, 9.17) is 14.2 Å². The number of carbonyl (C=O) groups excluding carboxylic acids is 2. The molecule has 0 N–H and O–H groups in total. The number of nitrogens with zero attached hydrogens (tertiary/aromatic N) is 1. The summed E-state index contributed by atoms with van der Waals surface area (Å²) in [5, 5.41) is 2.33. The fourth-order valence-corrected chi connectivity index (χ4v) is 6.74. The van der Waals surface area contributed by atoms with Crippen LogP contribution in [0.2, 0.25) is 0 Å². The molecule has 3 aromatic carbocycles. The van der Waals surface area contributed by atoms with Crippen molar-refractivity contribution in [2.24, 2.45) is 0 Å². The van der Waals surface area contributed by atoms with Gasteiger partial charge in [0.05, 0.1) is 7.11 Å². The minimum Gasteiger partial charge on any atom is -0.493 e. The van der Waals surface area contributed by atoms with Gasteiger partial charge in [-0.25, -0.2) is 0 Å². The Hall–Kier alpha value is -3.90. The lowest BCUT2D eigenvalue weighted by Gasteiger charge is -2.44. The van der Waals surface area contributed by atoms with Gasteiger partial charge < -0.3 is 19.1 Å². The van der Waals surface area contributed by atoms with Gasteiger partial charge in [-0.15, -0.1) is 0 Å². The molecule has 0 saturated carbocycles. The number of rotatable bonds is 9. The molecule has 6 rings (SSSR count). The molecule has 2 aliphatic carbocycles. The molecule has 6 heteroatoms. The van der Waals surface area contributed by atoms with Gasteiger partial charge in [0.15, 0.2) is 23.1 Å². The number of benzene rings is 3. The number of ketones is 2. The molecule has 1 aliphatic heterocycles. The minimum atomic E-state index is -0.375. The van der Waals surface area contributed by atoms with Crippen LogP contribution in [-0.4, -0.2) is 43.8 Å². The molecule has 3 aliphatic rings. The number of fused-ring (bicyclic) bond motifs is 1. The highest BCUT2D eigenvalue weighted by atomic mass is 16.5. The lowest BCUT2D eigenvalue weighted by Crippen LogP contribution is -2.39. The molecule has 41 heavy (non-hydrogen) atoms. The second kappa shape index (κ2) is 11.9. The Kier molecular flexibility index (Phi) is 7.93. The van der Waals surface area contributed by atoms with E-state index in [-0.39, 0.29) is 17.5 Å². The van der Waals surface area contributed by atoms with Crippen molar-refractivity contribution in [3.05, 3.63) is 94.3 Å². The molecule has 0 spiro atoms. The van der Waals surface area contributed by atoms with E-state index in [0.29, 0.717) is 37.6 Å². The van der Waals surface area contributed by atoms with Gasteiger partial charge in [-0.2, -0.15) is 0 Å². The first-order chi connectivity index (χ1) is 20.1. The summed E-state index contributed by atoms with van der Waals surface area (Å²) in [7, 11) is 3.34. The first kappa shape index (κ1) is 27.3. The largest absolute Gasteiger partial charge is 0.493 e. The summed E-state index contributed by atoms with van der Waals surface area (Å²) in [6.45, 7) is 1.80. The lowest BCUT2D eigenvalue weighted by atomic mass is 9.71. The maximum atomic E-state index is 13.6. The first-order valence-electron chi connectivity index (χ1n) is 14.7. The molecule has 0 unspecified atom stereocenters. The Balaban J connectivity index is 1.37. The molecule has 0 fully saturated rings. The maximum absolute atomic E-state index is 13.6. The number of ether oxygens (including phenoxy) is 3. The Morgan fingerprint density at radius 3 is 2.22 bits per heavy atom. The molecule has 0 radical (unpaired) electrons. The summed E-state index contributed by atoms with van der Waals surface area (Å²) in [4.78, 5) is 29.4. The summed E-state index contributed by atoms with van der Waals surface area (Å²) >= 11 is 0. The molecule has 0 atom stereocenters. The number of carbonyl (C=O) groups is 2. The van der Waals surface area contributed by atoms with Gasteiger partial charge >= 0.3 is 0 Å². The molecule has 0 aromatic heterocycles. The SMILES string of the molecule is COCCCN1C2=C(C(=O)CCC2)C(c2ccc(OCc3cccc4ccccc34)c(OC)c2)C2=C1CCCC2=O. The highest BCUT2D eigenvalue weighted by Gasteiger charge is 2.43. The lowest BCUT2D eigenvalue weighted by molar-refractivity contribution is -0.117. The Morgan fingerprint density at radius 2 is 1.51 bits per heavy atom. The Morgan fingerprint density at radius 1 is 0.805 bits per heavy atom. The molecule has 212 valence electrons. The zero-order valence-corrected chi connectivity index (χ0v) is 23.9. The predicted molar refractivity (Wildman–Crippen MR) is 159 cm³/mol. The molecule has 6 nitrogen and oxygen atoms in total. The van der Waals surface area contributed by atoms with Crippen molar-refractivity contribution >= 4 is 22.3 Å². The number of hydrogen-bond acceptors (Lipinski definition) is 6. The highest BCUT2D eigenvalue weighted by Crippen LogP contribution is 2.50. The molecule has 0 saturated heterocycles. The second-order valence-corrected chi connectivity index (χ2v) is 11.0. The quantitative estimate of drug-likeness (QED) is 0.270. The van der Waals surface area contributed by atoms with Gasteiger partial charge in [0.2, 0.25) is 0 Å². The van der Waals surface area contributed by atoms with Gasteiger partial charge in [0.1, 0.15) is 6.61 Å². The van der Waals surface area contributed by atoms with Crippen LogP contribution >= 0.6 is 0 Å². The van der Waals surface area contributed by atoms with E-state index < -0.39 is 0 Å². The van der Waals surface area contributed by atoms with E-state index in [9.17, 15) is 9.59 Å². The topological polar surface area (TPSA) is 65.1 Å². The van der Waals surface area contributed by atoms with Gasteiger partial charge in [0, 0.05) is 61.6 Å². The average Bonchev–Trinajstić information content (AvgIpc) is 3.00. The van der Waals surface area contributed by atoms with Crippen molar-refractivity contribution in [3.8, 4) is 11.5 Å². The van der Waals surface area contributed by atoms with Crippen LogP contribution in [0.1, 0.15) is 62.0 Å². The Labute approximate surface area is 241 Å². The van der Waals surface area contributed by atoms with E-state index in [0.717, 1.165) is 77.7 Å². The van der Waals surface area contributed by atoms with Crippen molar-refractivity contribution in [2.45, 2.75) is 57.5 Å². The fourth-order valence-electron chi connectivity index (χ4n) is 6.74. The van der Waals surface area contributed by atoms with E-state index in [1.807, 2.05) is 36.4 Å². The highest BCUT2D eigenvalue weighted by molar-refractivity contribution is 6.06. The van der Waals surface area contributed by atoms with Crippen molar-refractivity contribution in [3.63, 3.8) is 0 Å². The standard InChI is InChI=1S/C35H37NO5/c1-39-20-8-19-36-27-13-6-15-29(37)34(27)33(35-28(36)14-7-16-30(35)38)24-17-18-31(32(21-24)40-2)41-22-25-11-5-10-23-9-3-4-12-26(23)25/h3-5,9-12,17-18,21,33H,6-8,13-16,19-20,22H2,1-2H3. The molecular formula is C35H37NO5. The summed E-state index contributed by atoms with van der Waals surface area (Å²) in [5.41, 5.74) is 5.75.